The number of rotatable bonds is 10. The van der Waals surface area contributed by atoms with E-state index in [0.29, 0.717) is 51.3 Å². The third-order valence-electron chi connectivity index (χ3n) is 7.06. The second kappa shape index (κ2) is 11.8. The number of halogens is 1. The minimum absolute atomic E-state index is 0.0933. The van der Waals surface area contributed by atoms with E-state index in [4.69, 9.17) is 4.74 Å². The summed E-state index contributed by atoms with van der Waals surface area (Å²) in [5, 5.41) is 9.35. The lowest BCUT2D eigenvalue weighted by atomic mass is 9.95. The highest BCUT2D eigenvalue weighted by Gasteiger charge is 2.55. The van der Waals surface area contributed by atoms with E-state index >= 15 is 0 Å². The van der Waals surface area contributed by atoms with Crippen LogP contribution >= 0.6 is 0 Å². The number of hydrogen-bond acceptors (Lipinski definition) is 7. The molecular weight excluding hydrogens is 463 g/mol. The van der Waals surface area contributed by atoms with Gasteiger partial charge >= 0.3 is 0 Å². The number of methoxy groups -OCH3 is 1. The number of ether oxygens (including phenoxy) is 1. The summed E-state index contributed by atoms with van der Waals surface area (Å²) < 4.78 is 46.6. The van der Waals surface area contributed by atoms with E-state index < -0.39 is 20.7 Å². The fraction of sp³-hybridized carbons (Fsp3) is 0.696. The molecule has 0 saturated carbocycles. The molecule has 0 radical (unpaired) electrons. The Bertz CT molecular complexity index is 929. The second-order valence-corrected chi connectivity index (χ2v) is 11.3. The number of benzene rings is 1. The van der Waals surface area contributed by atoms with Crippen LogP contribution in [0.1, 0.15) is 38.2 Å². The Morgan fingerprint density at radius 3 is 2.41 bits per heavy atom. The molecule has 0 spiro atoms. The number of hydroxylamine groups is 1. The van der Waals surface area contributed by atoms with E-state index in [1.165, 1.54) is 10.4 Å². The first-order chi connectivity index (χ1) is 16.3. The first-order valence-corrected chi connectivity index (χ1v) is 13.4. The Morgan fingerprint density at radius 1 is 1.18 bits per heavy atom. The van der Waals surface area contributed by atoms with Crippen molar-refractivity contribution < 1.29 is 27.5 Å². The number of likely N-dealkylation sites (tertiary alicyclic amines) is 1. The second-order valence-electron chi connectivity index (χ2n) is 9.04. The number of aryl methyl sites for hydroxylation is 1. The van der Waals surface area contributed by atoms with Crippen LogP contribution in [0.4, 0.5) is 10.1 Å². The molecule has 0 atom stereocenters. The maximum atomic E-state index is 14.5. The summed E-state index contributed by atoms with van der Waals surface area (Å²) in [5.74, 6) is -1.12. The van der Waals surface area contributed by atoms with Crippen molar-refractivity contribution in [3.63, 3.8) is 0 Å². The molecule has 2 saturated heterocycles. The Hall–Kier alpha value is -1.79. The lowest BCUT2D eigenvalue weighted by Crippen LogP contribution is -2.63. The maximum absolute atomic E-state index is 14.5. The highest BCUT2D eigenvalue weighted by Crippen LogP contribution is 2.34. The summed E-state index contributed by atoms with van der Waals surface area (Å²) in [5.41, 5.74) is 3.02. The van der Waals surface area contributed by atoms with E-state index in [9.17, 15) is 22.8 Å². The van der Waals surface area contributed by atoms with E-state index in [0.717, 1.165) is 18.5 Å². The van der Waals surface area contributed by atoms with Gasteiger partial charge < -0.3 is 14.5 Å². The summed E-state index contributed by atoms with van der Waals surface area (Å²) in [6.45, 7) is 5.24. The Labute approximate surface area is 201 Å². The number of piperazine rings is 1. The minimum atomic E-state index is -4.03. The van der Waals surface area contributed by atoms with Gasteiger partial charge in [0.1, 0.15) is 5.82 Å². The zero-order chi connectivity index (χ0) is 24.8. The average molecular weight is 501 g/mol. The fourth-order valence-corrected chi connectivity index (χ4v) is 6.92. The van der Waals surface area contributed by atoms with Crippen LogP contribution in [-0.4, -0.2) is 93.0 Å². The number of unbranched alkanes of at least 4 members (excludes halogenated alkanes) is 1. The van der Waals surface area contributed by atoms with Gasteiger partial charge in [-0.3, -0.25) is 10.0 Å². The van der Waals surface area contributed by atoms with Crippen molar-refractivity contribution >= 4 is 21.6 Å². The van der Waals surface area contributed by atoms with Crippen molar-refractivity contribution in [1.82, 2.24) is 14.7 Å². The topological polar surface area (TPSA) is 102 Å². The van der Waals surface area contributed by atoms with Gasteiger partial charge in [0.05, 0.1) is 6.61 Å². The predicted octanol–water partition coefficient (Wildman–Crippen LogP) is 1.61. The molecule has 0 aromatic heterocycles. The molecule has 11 heteroatoms. The zero-order valence-electron chi connectivity index (χ0n) is 20.1. The quantitative estimate of drug-likeness (QED) is 0.372. The van der Waals surface area contributed by atoms with Crippen molar-refractivity contribution in [1.29, 1.82) is 0 Å². The first kappa shape index (κ1) is 26.8. The van der Waals surface area contributed by atoms with Gasteiger partial charge in [0.15, 0.2) is 4.75 Å². The minimum Gasteiger partial charge on any atom is -0.383 e. The van der Waals surface area contributed by atoms with Gasteiger partial charge in [-0.15, -0.1) is 0 Å². The molecule has 0 aliphatic carbocycles. The van der Waals surface area contributed by atoms with Gasteiger partial charge in [0.25, 0.3) is 5.91 Å². The number of anilines is 1. The molecule has 0 bridgehead atoms. The van der Waals surface area contributed by atoms with E-state index in [1.807, 2.05) is 11.0 Å². The summed E-state index contributed by atoms with van der Waals surface area (Å²) in [6.07, 6.45) is 2.82. The maximum Gasteiger partial charge on any atom is 0.266 e. The first-order valence-electron chi connectivity index (χ1n) is 12.0. The van der Waals surface area contributed by atoms with Crippen LogP contribution in [0.25, 0.3) is 0 Å². The van der Waals surface area contributed by atoms with Gasteiger partial charge in [-0.1, -0.05) is 19.4 Å². The van der Waals surface area contributed by atoms with Crippen LogP contribution in [0, 0.1) is 5.82 Å². The summed E-state index contributed by atoms with van der Waals surface area (Å²) in [6, 6.07) is 5.21. The molecule has 1 aromatic carbocycles. The molecule has 34 heavy (non-hydrogen) atoms. The smallest absolute Gasteiger partial charge is 0.266 e. The molecule has 2 aliphatic heterocycles. The molecule has 3 rings (SSSR count). The van der Waals surface area contributed by atoms with Crippen molar-refractivity contribution in [2.45, 2.75) is 43.8 Å². The average Bonchev–Trinajstić information content (AvgIpc) is 2.86. The van der Waals surface area contributed by atoms with E-state index in [2.05, 4.69) is 11.8 Å². The van der Waals surface area contributed by atoms with Crippen LogP contribution in [0.15, 0.2) is 18.2 Å². The van der Waals surface area contributed by atoms with Crippen molar-refractivity contribution in [2.75, 3.05) is 64.4 Å². The van der Waals surface area contributed by atoms with Gasteiger partial charge in [0.2, 0.25) is 10.0 Å². The number of carbonyl (C=O) groups is 1. The summed E-state index contributed by atoms with van der Waals surface area (Å²) in [7, 11) is -2.43. The Kier molecular flexibility index (Phi) is 9.27. The van der Waals surface area contributed by atoms with Gasteiger partial charge in [-0.05, 0) is 43.4 Å². The van der Waals surface area contributed by atoms with Crippen molar-refractivity contribution in [2.24, 2.45) is 0 Å². The number of nitrogens with zero attached hydrogens (tertiary/aromatic N) is 3. The predicted molar refractivity (Wildman–Crippen MR) is 128 cm³/mol. The molecule has 2 aliphatic rings. The van der Waals surface area contributed by atoms with Gasteiger partial charge in [0, 0.05) is 58.6 Å². The molecule has 1 aromatic rings. The van der Waals surface area contributed by atoms with Gasteiger partial charge in [-0.2, -0.15) is 4.31 Å². The summed E-state index contributed by atoms with van der Waals surface area (Å²) >= 11 is 0. The highest BCUT2D eigenvalue weighted by atomic mass is 32.2. The van der Waals surface area contributed by atoms with Crippen LogP contribution in [-0.2, 0) is 26.0 Å². The van der Waals surface area contributed by atoms with E-state index in [1.54, 1.807) is 18.7 Å². The number of hydrogen-bond donors (Lipinski definition) is 2. The number of amides is 1. The standard InChI is InChI=1S/C23H37FN4O5S/c1-3-4-5-19-6-7-20(18-21(19)24)27-12-14-28(15-13-27)34(31,32)23(22(29)25-30)8-10-26(11-9-23)16-17-33-2/h6-7,18,30H,3-5,8-17H2,1-2H3,(H,25,29). The normalized spacial score (nSPS) is 19.8. The SMILES string of the molecule is CCCCc1ccc(N2CCN(S(=O)(=O)C3(C(=O)NO)CCN(CCOC)CC3)CC2)cc1F. The van der Waals surface area contributed by atoms with Crippen LogP contribution < -0.4 is 10.4 Å². The Balaban J connectivity index is 1.69. The molecule has 2 fully saturated rings. The molecular formula is C23H37FN4O5S. The van der Waals surface area contributed by atoms with Crippen molar-refractivity contribution in [3.05, 3.63) is 29.6 Å². The third kappa shape index (κ3) is 5.54. The number of sulfonamides is 1. The third-order valence-corrected chi connectivity index (χ3v) is 9.69. The monoisotopic (exact) mass is 500 g/mol. The molecule has 2 N–H and O–H groups in total. The Morgan fingerprint density at radius 2 is 1.85 bits per heavy atom. The largest absolute Gasteiger partial charge is 0.383 e. The van der Waals surface area contributed by atoms with Crippen LogP contribution in [0.5, 0.6) is 0 Å². The molecule has 192 valence electrons. The van der Waals surface area contributed by atoms with Gasteiger partial charge in [-0.25, -0.2) is 18.3 Å². The molecule has 9 nitrogen and oxygen atoms in total. The number of nitrogens with one attached hydrogen (secondary N) is 1. The van der Waals surface area contributed by atoms with Crippen LogP contribution in [0.3, 0.4) is 0 Å². The van der Waals surface area contributed by atoms with Crippen molar-refractivity contribution in [3.8, 4) is 0 Å². The lowest BCUT2D eigenvalue weighted by Gasteiger charge is -2.44. The zero-order valence-corrected chi connectivity index (χ0v) is 20.9. The molecule has 0 unspecified atom stereocenters. The van der Waals surface area contributed by atoms with E-state index in [-0.39, 0.29) is 31.7 Å². The number of piperidine rings is 1. The fourth-order valence-electron chi connectivity index (χ4n) is 4.80. The van der Waals surface area contributed by atoms with Crippen LogP contribution in [0.2, 0.25) is 0 Å². The summed E-state index contributed by atoms with van der Waals surface area (Å²) in [4.78, 5) is 16.7. The molecule has 1 amide bonds. The highest BCUT2D eigenvalue weighted by molar-refractivity contribution is 7.91. The number of carbonyl (C=O) groups excluding carboxylic acids is 1. The molecule has 2 heterocycles. The lowest BCUT2D eigenvalue weighted by molar-refractivity contribution is -0.133.